The summed E-state index contributed by atoms with van der Waals surface area (Å²) in [7, 11) is 0. The Morgan fingerprint density at radius 2 is 2.21 bits per heavy atom. The molecule has 1 radical (unpaired) electrons. The summed E-state index contributed by atoms with van der Waals surface area (Å²) in [6.45, 7) is 4.06. The Morgan fingerprint density at radius 3 is 2.86 bits per heavy atom. The van der Waals surface area contributed by atoms with Crippen LogP contribution in [0.5, 0.6) is 5.75 Å². The van der Waals surface area contributed by atoms with Gasteiger partial charge in [0.15, 0.2) is 5.75 Å². The lowest BCUT2D eigenvalue weighted by Gasteiger charge is -2.07. The van der Waals surface area contributed by atoms with Crippen molar-refractivity contribution in [1.29, 1.82) is 0 Å². The number of hydrogen-bond acceptors (Lipinski definition) is 2. The van der Waals surface area contributed by atoms with Crippen LogP contribution in [0.3, 0.4) is 0 Å². The van der Waals surface area contributed by atoms with Crippen molar-refractivity contribution in [2.45, 2.75) is 13.8 Å². The second-order valence-electron chi connectivity index (χ2n) is 3.21. The van der Waals surface area contributed by atoms with Crippen molar-refractivity contribution in [3.05, 3.63) is 47.8 Å². The largest absolute Gasteiger partial charge is 0.358 e. The van der Waals surface area contributed by atoms with Gasteiger partial charge in [0.25, 0.3) is 0 Å². The van der Waals surface area contributed by atoms with Crippen molar-refractivity contribution in [3.8, 4) is 5.75 Å². The fraction of sp³-hybridized carbons (Fsp3) is 0.182. The van der Waals surface area contributed by atoms with Crippen LogP contribution in [0.15, 0.2) is 30.5 Å². The number of aromatic nitrogens is 2. The van der Waals surface area contributed by atoms with E-state index in [-0.39, 0.29) is 0 Å². The molecule has 1 aromatic carbocycles. The third kappa shape index (κ3) is 1.76. The fourth-order valence-corrected chi connectivity index (χ4v) is 1.27. The van der Waals surface area contributed by atoms with Crippen LogP contribution in [0.2, 0.25) is 0 Å². The summed E-state index contributed by atoms with van der Waals surface area (Å²) in [6.07, 6.45) is 4.38. The number of aryl methyl sites for hydroxylation is 2. The highest BCUT2D eigenvalue weighted by Crippen LogP contribution is 2.18. The Balaban J connectivity index is 2.25. The lowest BCUT2D eigenvalue weighted by molar-refractivity contribution is 0.177. The van der Waals surface area contributed by atoms with E-state index in [4.69, 9.17) is 4.84 Å². The quantitative estimate of drug-likeness (QED) is 0.720. The van der Waals surface area contributed by atoms with Crippen molar-refractivity contribution in [2.75, 3.05) is 0 Å². The molecule has 0 amide bonds. The Bertz CT molecular complexity index is 421. The summed E-state index contributed by atoms with van der Waals surface area (Å²) in [4.78, 5) is 6.86. The third-order valence-corrected chi connectivity index (χ3v) is 1.96. The van der Waals surface area contributed by atoms with Crippen molar-refractivity contribution < 1.29 is 4.84 Å². The van der Waals surface area contributed by atoms with E-state index in [0.717, 1.165) is 11.3 Å². The normalized spacial score (nSPS) is 10.1. The molecule has 0 aliphatic carbocycles. The van der Waals surface area contributed by atoms with Crippen LogP contribution in [0.1, 0.15) is 11.1 Å². The zero-order valence-corrected chi connectivity index (χ0v) is 8.19. The molecule has 0 fully saturated rings. The first kappa shape index (κ1) is 8.81. The molecular formula is C11H11N2O. The molecule has 14 heavy (non-hydrogen) atoms. The van der Waals surface area contributed by atoms with Gasteiger partial charge in [0.2, 0.25) is 0 Å². The second kappa shape index (κ2) is 3.54. The summed E-state index contributed by atoms with van der Waals surface area (Å²) in [6, 6.07) is 7.72. The van der Waals surface area contributed by atoms with Crippen molar-refractivity contribution >= 4 is 0 Å². The van der Waals surface area contributed by atoms with Crippen LogP contribution in [0.4, 0.5) is 0 Å². The van der Waals surface area contributed by atoms with Crippen molar-refractivity contribution in [1.82, 2.24) is 9.94 Å². The minimum atomic E-state index is 0.813. The SMILES string of the molecule is Cc1ccc(On2cc[c]n2)c(C)c1. The highest BCUT2D eigenvalue weighted by atomic mass is 16.7. The van der Waals surface area contributed by atoms with E-state index < -0.39 is 0 Å². The lowest BCUT2D eigenvalue weighted by Crippen LogP contribution is -2.06. The maximum atomic E-state index is 5.48. The topological polar surface area (TPSA) is 27.1 Å². The van der Waals surface area contributed by atoms with Crippen molar-refractivity contribution in [2.24, 2.45) is 0 Å². The zero-order valence-electron chi connectivity index (χ0n) is 8.19. The molecule has 0 bridgehead atoms. The Morgan fingerprint density at radius 1 is 1.36 bits per heavy atom. The van der Waals surface area contributed by atoms with E-state index in [2.05, 4.69) is 24.3 Å². The van der Waals surface area contributed by atoms with Gasteiger partial charge in [-0.3, -0.25) is 0 Å². The van der Waals surface area contributed by atoms with Gasteiger partial charge in [0, 0.05) is 0 Å². The third-order valence-electron chi connectivity index (χ3n) is 1.96. The molecule has 3 heteroatoms. The van der Waals surface area contributed by atoms with Crippen LogP contribution in [0, 0.1) is 20.0 Å². The molecule has 0 N–H and O–H groups in total. The first-order valence-electron chi connectivity index (χ1n) is 4.43. The Hall–Kier alpha value is -1.77. The van der Waals surface area contributed by atoms with Gasteiger partial charge in [-0.15, -0.1) is 5.10 Å². The summed E-state index contributed by atoms with van der Waals surface area (Å²) < 4.78 is 0. The van der Waals surface area contributed by atoms with Gasteiger partial charge in [0.1, 0.15) is 6.20 Å². The molecule has 3 nitrogen and oxygen atoms in total. The van der Waals surface area contributed by atoms with Gasteiger partial charge in [-0.05, 0) is 31.5 Å². The Kier molecular flexibility index (Phi) is 2.23. The molecule has 0 unspecified atom stereocenters. The smallest absolute Gasteiger partial charge is 0.160 e. The molecule has 0 spiro atoms. The number of rotatable bonds is 2. The van der Waals surface area contributed by atoms with Crippen molar-refractivity contribution in [3.63, 3.8) is 0 Å². The van der Waals surface area contributed by atoms with E-state index in [0.29, 0.717) is 0 Å². The van der Waals surface area contributed by atoms with Gasteiger partial charge < -0.3 is 4.84 Å². The van der Waals surface area contributed by atoms with Gasteiger partial charge in [-0.25, -0.2) is 0 Å². The van der Waals surface area contributed by atoms with Gasteiger partial charge in [0.05, 0.1) is 6.20 Å². The average Bonchev–Trinajstić information content (AvgIpc) is 2.62. The monoisotopic (exact) mass is 187 g/mol. The molecule has 71 valence electrons. The van der Waals surface area contributed by atoms with Crippen LogP contribution in [-0.2, 0) is 0 Å². The first-order valence-corrected chi connectivity index (χ1v) is 4.43. The number of nitrogens with zero attached hydrogens (tertiary/aromatic N) is 2. The van der Waals surface area contributed by atoms with E-state index in [9.17, 15) is 0 Å². The molecule has 1 aromatic heterocycles. The van der Waals surface area contributed by atoms with Gasteiger partial charge in [-0.2, -0.15) is 0 Å². The zero-order chi connectivity index (χ0) is 9.97. The number of hydrogen-bond donors (Lipinski definition) is 0. The Labute approximate surface area is 82.9 Å². The molecule has 2 aromatic rings. The maximum Gasteiger partial charge on any atom is 0.160 e. The molecule has 0 saturated heterocycles. The highest BCUT2D eigenvalue weighted by molar-refractivity contribution is 5.35. The predicted octanol–water partition coefficient (Wildman–Crippen LogP) is 2.14. The van der Waals surface area contributed by atoms with Crippen LogP contribution < -0.4 is 4.84 Å². The minimum Gasteiger partial charge on any atom is -0.358 e. The minimum absolute atomic E-state index is 0.813. The summed E-state index contributed by atoms with van der Waals surface area (Å²) in [5, 5.41) is 3.84. The standard InChI is InChI=1S/C11H11N2O/c1-9-4-5-11(10(2)8-9)14-13-7-3-6-12-13/h3-5,7-8H,1-2H3. The molecule has 1 heterocycles. The average molecular weight is 187 g/mol. The number of benzene rings is 1. The highest BCUT2D eigenvalue weighted by Gasteiger charge is 2.00. The van der Waals surface area contributed by atoms with E-state index in [1.165, 1.54) is 10.4 Å². The van der Waals surface area contributed by atoms with Crippen LogP contribution in [-0.4, -0.2) is 9.94 Å². The maximum absolute atomic E-state index is 5.48. The fourth-order valence-electron chi connectivity index (χ4n) is 1.27. The van der Waals surface area contributed by atoms with E-state index in [1.54, 1.807) is 12.3 Å². The van der Waals surface area contributed by atoms with Crippen LogP contribution in [0.25, 0.3) is 0 Å². The lowest BCUT2D eigenvalue weighted by atomic mass is 10.1. The predicted molar refractivity (Wildman–Crippen MR) is 53.0 cm³/mol. The summed E-state index contributed by atoms with van der Waals surface area (Å²) in [5.74, 6) is 0.813. The van der Waals surface area contributed by atoms with Gasteiger partial charge >= 0.3 is 0 Å². The summed E-state index contributed by atoms with van der Waals surface area (Å²) in [5.41, 5.74) is 2.32. The molecule has 0 aliphatic heterocycles. The van der Waals surface area contributed by atoms with Gasteiger partial charge in [-0.1, -0.05) is 22.5 Å². The molecular weight excluding hydrogens is 176 g/mol. The molecule has 2 rings (SSSR count). The second-order valence-corrected chi connectivity index (χ2v) is 3.21. The van der Waals surface area contributed by atoms with Crippen LogP contribution >= 0.6 is 0 Å². The molecule has 0 saturated carbocycles. The van der Waals surface area contributed by atoms with E-state index >= 15 is 0 Å². The molecule has 0 aliphatic rings. The first-order chi connectivity index (χ1) is 6.75. The molecule has 0 atom stereocenters. The summed E-state index contributed by atoms with van der Waals surface area (Å²) >= 11 is 0. The van der Waals surface area contributed by atoms with E-state index in [1.807, 2.05) is 19.1 Å².